The van der Waals surface area contributed by atoms with Crippen molar-refractivity contribution in [3.8, 4) is 17.0 Å². The molecular weight excluding hydrogens is 453 g/mol. The van der Waals surface area contributed by atoms with Gasteiger partial charge in [-0.1, -0.05) is 0 Å². The third-order valence-electron chi connectivity index (χ3n) is 5.74. The highest BCUT2D eigenvalue weighted by Gasteiger charge is 2.36. The van der Waals surface area contributed by atoms with Gasteiger partial charge in [0.2, 0.25) is 5.95 Å². The van der Waals surface area contributed by atoms with Crippen LogP contribution in [0.4, 0.5) is 29.6 Å². The first kappa shape index (κ1) is 23.6. The number of rotatable bonds is 5. The third-order valence-corrected chi connectivity index (χ3v) is 5.74. The van der Waals surface area contributed by atoms with Crippen LogP contribution in [0.3, 0.4) is 0 Å². The highest BCUT2D eigenvalue weighted by molar-refractivity contribution is 6.03. The quantitative estimate of drug-likeness (QED) is 0.501. The van der Waals surface area contributed by atoms with Crippen molar-refractivity contribution in [2.24, 2.45) is 0 Å². The fourth-order valence-corrected chi connectivity index (χ4v) is 4.17. The number of likely N-dealkylation sites (tertiary alicyclic amines) is 1. The van der Waals surface area contributed by atoms with Crippen LogP contribution >= 0.6 is 0 Å². The summed E-state index contributed by atoms with van der Waals surface area (Å²) in [6, 6.07) is 3.15. The molecule has 3 N–H and O–H groups in total. The second kappa shape index (κ2) is 9.37. The first-order chi connectivity index (χ1) is 16.2. The topological polar surface area (TPSA) is 104 Å². The number of likely N-dealkylation sites (N-methyl/N-ethyl adjacent to an activating group) is 1. The summed E-state index contributed by atoms with van der Waals surface area (Å²) in [4.78, 5) is 25.0. The molecule has 34 heavy (non-hydrogen) atoms. The molecule has 0 spiro atoms. The number of aromatic amines is 1. The predicted octanol–water partition coefficient (Wildman–Crippen LogP) is 4.34. The van der Waals surface area contributed by atoms with E-state index in [-0.39, 0.29) is 29.0 Å². The number of carbonyl (C=O) groups excluding carboxylic acids is 1. The standard InChI is InChI=1S/C22H25F3N6O3/c1-31-8-4-5-12(11-31)28-20-27-10-15(22(23,24)25)17(30-20)14-9-26-18-13(14)6-7-16(19(18)33-2)29-21(32)34-3/h6-7,9-10,12,26H,4-5,8,11H2,1-3H3,(H,29,32)(H,27,28,30). The molecule has 3 heterocycles. The monoisotopic (exact) mass is 478 g/mol. The second-order valence-corrected chi connectivity index (χ2v) is 8.09. The summed E-state index contributed by atoms with van der Waals surface area (Å²) < 4.78 is 51.6. The molecule has 9 nitrogen and oxygen atoms in total. The van der Waals surface area contributed by atoms with Crippen molar-refractivity contribution in [3.05, 3.63) is 30.1 Å². The number of benzene rings is 1. The molecule has 1 aromatic carbocycles. The largest absolute Gasteiger partial charge is 0.492 e. The van der Waals surface area contributed by atoms with Gasteiger partial charge in [0.25, 0.3) is 0 Å². The van der Waals surface area contributed by atoms with Gasteiger partial charge in [-0.2, -0.15) is 13.2 Å². The van der Waals surface area contributed by atoms with E-state index in [0.717, 1.165) is 32.1 Å². The number of ether oxygens (including phenoxy) is 2. The molecule has 2 aromatic heterocycles. The molecule has 1 amide bonds. The molecule has 1 atom stereocenters. The van der Waals surface area contributed by atoms with Crippen LogP contribution in [0.5, 0.6) is 5.75 Å². The Morgan fingerprint density at radius 2 is 2.09 bits per heavy atom. The van der Waals surface area contributed by atoms with Gasteiger partial charge in [-0.05, 0) is 38.6 Å². The molecule has 1 saturated heterocycles. The third kappa shape index (κ3) is 4.72. The Hall–Kier alpha value is -3.54. The van der Waals surface area contributed by atoms with Crippen molar-refractivity contribution in [2.45, 2.75) is 25.1 Å². The molecule has 3 aromatic rings. The Balaban J connectivity index is 1.78. The molecule has 4 rings (SSSR count). The maximum Gasteiger partial charge on any atom is 0.419 e. The summed E-state index contributed by atoms with van der Waals surface area (Å²) in [6.07, 6.45) is -1.26. The SMILES string of the molecule is COC(=O)Nc1ccc2c(-c3nc(NC4CCCN(C)C4)ncc3C(F)(F)F)c[nH]c2c1OC. The van der Waals surface area contributed by atoms with Gasteiger partial charge >= 0.3 is 12.3 Å². The number of carbonyl (C=O) groups is 1. The van der Waals surface area contributed by atoms with Gasteiger partial charge in [0.1, 0.15) is 5.56 Å². The Morgan fingerprint density at radius 3 is 2.76 bits per heavy atom. The van der Waals surface area contributed by atoms with Crippen LogP contribution in [0.1, 0.15) is 18.4 Å². The van der Waals surface area contributed by atoms with Gasteiger partial charge < -0.3 is 24.7 Å². The number of nitrogens with zero attached hydrogens (tertiary/aromatic N) is 3. The molecule has 0 radical (unpaired) electrons. The van der Waals surface area contributed by atoms with E-state index in [1.54, 1.807) is 6.07 Å². The van der Waals surface area contributed by atoms with Crippen molar-refractivity contribution in [1.29, 1.82) is 0 Å². The number of halogens is 3. The van der Waals surface area contributed by atoms with Crippen LogP contribution in [0.2, 0.25) is 0 Å². The maximum atomic E-state index is 13.9. The van der Waals surface area contributed by atoms with Gasteiger partial charge in [0, 0.05) is 35.9 Å². The van der Waals surface area contributed by atoms with E-state index in [0.29, 0.717) is 16.6 Å². The van der Waals surface area contributed by atoms with Gasteiger partial charge in [-0.15, -0.1) is 0 Å². The average Bonchev–Trinajstić information content (AvgIpc) is 3.22. The summed E-state index contributed by atoms with van der Waals surface area (Å²) in [6.45, 7) is 1.72. The number of H-pyrrole nitrogens is 1. The minimum atomic E-state index is -4.65. The Morgan fingerprint density at radius 1 is 1.29 bits per heavy atom. The van der Waals surface area contributed by atoms with Crippen LogP contribution < -0.4 is 15.4 Å². The summed E-state index contributed by atoms with van der Waals surface area (Å²) in [5.41, 5.74) is -0.262. The Bertz CT molecular complexity index is 1200. The number of fused-ring (bicyclic) bond motifs is 1. The van der Waals surface area contributed by atoms with E-state index in [1.807, 2.05) is 7.05 Å². The van der Waals surface area contributed by atoms with Crippen LogP contribution in [0.15, 0.2) is 24.5 Å². The molecule has 0 bridgehead atoms. The molecule has 1 aliphatic heterocycles. The number of anilines is 2. The molecule has 182 valence electrons. The summed E-state index contributed by atoms with van der Waals surface area (Å²) in [7, 11) is 4.61. The molecule has 1 aliphatic rings. The lowest BCUT2D eigenvalue weighted by molar-refractivity contribution is -0.137. The average molecular weight is 478 g/mol. The second-order valence-electron chi connectivity index (χ2n) is 8.09. The number of alkyl halides is 3. The Kier molecular flexibility index (Phi) is 6.51. The lowest BCUT2D eigenvalue weighted by Gasteiger charge is -2.30. The molecular formula is C22H25F3N6O3. The van der Waals surface area contributed by atoms with Crippen LogP contribution in [0.25, 0.3) is 22.2 Å². The van der Waals surface area contributed by atoms with E-state index in [4.69, 9.17) is 4.74 Å². The normalized spacial score (nSPS) is 16.9. The fraction of sp³-hybridized carbons (Fsp3) is 0.409. The first-order valence-electron chi connectivity index (χ1n) is 10.6. The number of aromatic nitrogens is 3. The van der Waals surface area contributed by atoms with Crippen molar-refractivity contribution in [1.82, 2.24) is 19.9 Å². The van der Waals surface area contributed by atoms with E-state index < -0.39 is 17.8 Å². The van der Waals surface area contributed by atoms with Crippen LogP contribution in [0, 0.1) is 0 Å². The van der Waals surface area contributed by atoms with E-state index >= 15 is 0 Å². The zero-order valence-electron chi connectivity index (χ0n) is 18.9. The number of hydrogen-bond acceptors (Lipinski definition) is 7. The summed E-state index contributed by atoms with van der Waals surface area (Å²) >= 11 is 0. The zero-order valence-corrected chi connectivity index (χ0v) is 18.9. The Labute approximate surface area is 193 Å². The number of amides is 1. The minimum absolute atomic E-state index is 0.0401. The van der Waals surface area contributed by atoms with E-state index in [2.05, 4.69) is 35.2 Å². The number of nitrogens with one attached hydrogen (secondary N) is 3. The van der Waals surface area contributed by atoms with Crippen LogP contribution in [-0.2, 0) is 10.9 Å². The smallest absolute Gasteiger partial charge is 0.419 e. The highest BCUT2D eigenvalue weighted by atomic mass is 19.4. The molecule has 0 saturated carbocycles. The number of methoxy groups -OCH3 is 2. The van der Waals surface area contributed by atoms with E-state index in [1.165, 1.54) is 26.5 Å². The van der Waals surface area contributed by atoms with Gasteiger partial charge in [0.05, 0.1) is 31.1 Å². The maximum absolute atomic E-state index is 13.9. The summed E-state index contributed by atoms with van der Waals surface area (Å²) in [5, 5.41) is 6.14. The van der Waals surface area contributed by atoms with Gasteiger partial charge in [0.15, 0.2) is 5.75 Å². The van der Waals surface area contributed by atoms with Crippen molar-refractivity contribution < 1.29 is 27.4 Å². The highest BCUT2D eigenvalue weighted by Crippen LogP contribution is 2.42. The zero-order chi connectivity index (χ0) is 24.5. The molecule has 1 unspecified atom stereocenters. The summed E-state index contributed by atoms with van der Waals surface area (Å²) in [5.74, 6) is 0.383. The lowest BCUT2D eigenvalue weighted by Crippen LogP contribution is -2.40. The van der Waals surface area contributed by atoms with Crippen LogP contribution in [-0.4, -0.2) is 66.3 Å². The fourth-order valence-electron chi connectivity index (χ4n) is 4.17. The van der Waals surface area contributed by atoms with Crippen molar-refractivity contribution in [2.75, 3.05) is 45.0 Å². The molecule has 0 aliphatic carbocycles. The van der Waals surface area contributed by atoms with Crippen molar-refractivity contribution in [3.63, 3.8) is 0 Å². The lowest BCUT2D eigenvalue weighted by atomic mass is 10.0. The van der Waals surface area contributed by atoms with Gasteiger partial charge in [-0.3, -0.25) is 5.32 Å². The first-order valence-corrected chi connectivity index (χ1v) is 10.6. The van der Waals surface area contributed by atoms with Crippen molar-refractivity contribution >= 4 is 28.6 Å². The number of hydrogen-bond donors (Lipinski definition) is 3. The van der Waals surface area contributed by atoms with E-state index in [9.17, 15) is 18.0 Å². The minimum Gasteiger partial charge on any atom is -0.492 e. The van der Waals surface area contributed by atoms with Gasteiger partial charge in [-0.25, -0.2) is 14.8 Å². The number of piperidine rings is 1. The molecule has 12 heteroatoms. The predicted molar refractivity (Wildman–Crippen MR) is 121 cm³/mol. The molecule has 1 fully saturated rings.